The van der Waals surface area contributed by atoms with E-state index in [4.69, 9.17) is 5.11 Å². The fourth-order valence-corrected chi connectivity index (χ4v) is 2.04. The topological polar surface area (TPSA) is 37.3 Å². The van der Waals surface area contributed by atoms with Crippen LogP contribution in [0.1, 0.15) is 44.7 Å². The maximum Gasteiger partial charge on any atom is 0.381 e. The first-order chi connectivity index (χ1) is 9.54. The Morgan fingerprint density at radius 3 is 2.05 bits per heavy atom. The minimum atomic E-state index is -1.04. The van der Waals surface area contributed by atoms with E-state index in [2.05, 4.69) is 44.0 Å². The average Bonchev–Trinajstić information content (AvgIpc) is 2.41. The third-order valence-electron chi connectivity index (χ3n) is 3.33. The first-order valence-electron chi connectivity index (χ1n) is 6.98. The Morgan fingerprint density at radius 2 is 1.65 bits per heavy atom. The Morgan fingerprint density at radius 1 is 1.15 bits per heavy atom. The van der Waals surface area contributed by atoms with Crippen LogP contribution in [0.5, 0.6) is 0 Å². The highest BCUT2D eigenvalue weighted by Crippen LogP contribution is 2.24. The molecule has 0 saturated heterocycles. The zero-order chi connectivity index (χ0) is 15.0. The molecule has 1 aliphatic carbocycles. The summed E-state index contributed by atoms with van der Waals surface area (Å²) < 4.78 is 0. The van der Waals surface area contributed by atoms with Gasteiger partial charge in [-0.3, -0.25) is 0 Å². The minimum absolute atomic E-state index is 0.673. The van der Waals surface area contributed by atoms with Crippen molar-refractivity contribution in [3.05, 3.63) is 46.5 Å². The fourth-order valence-electron chi connectivity index (χ4n) is 2.04. The van der Waals surface area contributed by atoms with E-state index in [-0.39, 0.29) is 0 Å². The molecular formula is C18H22O2. The molecule has 1 aromatic carbocycles. The van der Waals surface area contributed by atoms with Crippen LogP contribution in [0.25, 0.3) is 0 Å². The normalized spacial score (nSPS) is 12.6. The molecule has 0 unspecified atom stereocenters. The fraction of sp³-hybridized carbons (Fsp3) is 0.389. The van der Waals surface area contributed by atoms with Crippen molar-refractivity contribution in [2.75, 3.05) is 0 Å². The molecule has 0 aromatic heterocycles. The molecule has 0 fully saturated rings. The maximum absolute atomic E-state index is 9.70. The summed E-state index contributed by atoms with van der Waals surface area (Å²) in [4.78, 5) is 9.70. The van der Waals surface area contributed by atoms with Crippen LogP contribution >= 0.6 is 0 Å². The number of hydrogen-bond acceptors (Lipinski definition) is 1. The van der Waals surface area contributed by atoms with E-state index in [0.29, 0.717) is 6.42 Å². The van der Waals surface area contributed by atoms with Gasteiger partial charge in [0.1, 0.15) is 0 Å². The Balaban J connectivity index is 0.000000221. The number of hydrogen-bond donors (Lipinski definition) is 1. The van der Waals surface area contributed by atoms with Crippen LogP contribution in [0.2, 0.25) is 0 Å². The third-order valence-corrected chi connectivity index (χ3v) is 3.33. The SMILES string of the molecule is CC1=C(C)Cc2ccccc2C1.CCCC#CC(=O)O. The van der Waals surface area contributed by atoms with Crippen LogP contribution < -0.4 is 0 Å². The molecule has 0 atom stereocenters. The molecule has 0 aliphatic heterocycles. The number of allylic oxidation sites excluding steroid dienone is 2. The monoisotopic (exact) mass is 270 g/mol. The molecule has 2 rings (SSSR count). The van der Waals surface area contributed by atoms with Gasteiger partial charge in [0.25, 0.3) is 0 Å². The number of benzene rings is 1. The highest BCUT2D eigenvalue weighted by atomic mass is 16.4. The number of carboxylic acids is 1. The van der Waals surface area contributed by atoms with Crippen molar-refractivity contribution in [2.24, 2.45) is 0 Å². The molecule has 0 spiro atoms. The van der Waals surface area contributed by atoms with E-state index < -0.39 is 5.97 Å². The molecule has 20 heavy (non-hydrogen) atoms. The number of rotatable bonds is 1. The lowest BCUT2D eigenvalue weighted by Crippen LogP contribution is -2.04. The van der Waals surface area contributed by atoms with Gasteiger partial charge in [-0.05, 0) is 44.2 Å². The van der Waals surface area contributed by atoms with Gasteiger partial charge in [-0.25, -0.2) is 4.79 Å². The first kappa shape index (κ1) is 16.0. The first-order valence-corrected chi connectivity index (χ1v) is 6.98. The van der Waals surface area contributed by atoms with Crippen molar-refractivity contribution in [1.82, 2.24) is 0 Å². The van der Waals surface area contributed by atoms with Gasteiger partial charge in [0.15, 0.2) is 0 Å². The van der Waals surface area contributed by atoms with Gasteiger partial charge in [-0.15, -0.1) is 0 Å². The van der Waals surface area contributed by atoms with E-state index in [9.17, 15) is 4.79 Å². The lowest BCUT2D eigenvalue weighted by molar-refractivity contribution is -0.130. The Labute approximate surface area is 121 Å². The summed E-state index contributed by atoms with van der Waals surface area (Å²) in [5.41, 5.74) is 6.13. The van der Waals surface area contributed by atoms with E-state index in [1.165, 1.54) is 11.1 Å². The number of carboxylic acid groups (broad SMARTS) is 1. The predicted molar refractivity (Wildman–Crippen MR) is 82.5 cm³/mol. The quantitative estimate of drug-likeness (QED) is 0.618. The Bertz CT molecular complexity index is 523. The van der Waals surface area contributed by atoms with Gasteiger partial charge in [0, 0.05) is 12.3 Å². The molecule has 0 heterocycles. The van der Waals surface area contributed by atoms with Crippen LogP contribution in [-0.2, 0) is 17.6 Å². The van der Waals surface area contributed by atoms with Gasteiger partial charge in [-0.1, -0.05) is 48.3 Å². The minimum Gasteiger partial charge on any atom is -0.472 e. The van der Waals surface area contributed by atoms with E-state index in [0.717, 1.165) is 19.3 Å². The molecule has 106 valence electrons. The number of unbranched alkanes of at least 4 members (excludes halogenated alkanes) is 1. The zero-order valence-electron chi connectivity index (χ0n) is 12.5. The highest BCUT2D eigenvalue weighted by Gasteiger charge is 2.10. The van der Waals surface area contributed by atoms with E-state index >= 15 is 0 Å². The summed E-state index contributed by atoms with van der Waals surface area (Å²) in [7, 11) is 0. The number of carbonyl (C=O) groups is 1. The largest absolute Gasteiger partial charge is 0.472 e. The Hall–Kier alpha value is -2.01. The molecule has 2 heteroatoms. The Kier molecular flexibility index (Phi) is 6.59. The third kappa shape index (κ3) is 5.32. The number of aliphatic carboxylic acids is 1. The van der Waals surface area contributed by atoms with Crippen molar-refractivity contribution in [3.63, 3.8) is 0 Å². The smallest absolute Gasteiger partial charge is 0.381 e. The van der Waals surface area contributed by atoms with Crippen LogP contribution in [-0.4, -0.2) is 11.1 Å². The van der Waals surface area contributed by atoms with E-state index in [1.54, 1.807) is 11.1 Å². The second-order valence-corrected chi connectivity index (χ2v) is 5.04. The van der Waals surface area contributed by atoms with Crippen molar-refractivity contribution < 1.29 is 9.90 Å². The number of fused-ring (bicyclic) bond motifs is 1. The van der Waals surface area contributed by atoms with Crippen molar-refractivity contribution in [3.8, 4) is 11.8 Å². The zero-order valence-corrected chi connectivity index (χ0v) is 12.5. The molecule has 0 saturated carbocycles. The molecular weight excluding hydrogens is 248 g/mol. The second-order valence-electron chi connectivity index (χ2n) is 5.04. The van der Waals surface area contributed by atoms with Gasteiger partial charge in [-0.2, -0.15) is 0 Å². The van der Waals surface area contributed by atoms with Crippen LogP contribution in [0.4, 0.5) is 0 Å². The average molecular weight is 270 g/mol. The van der Waals surface area contributed by atoms with Gasteiger partial charge in [0.2, 0.25) is 0 Å². The highest BCUT2D eigenvalue weighted by molar-refractivity contribution is 5.86. The predicted octanol–water partition coefficient (Wildman–Crippen LogP) is 4.00. The summed E-state index contributed by atoms with van der Waals surface area (Å²) in [6.07, 6.45) is 3.90. The van der Waals surface area contributed by atoms with Gasteiger partial charge in [0.05, 0.1) is 0 Å². The van der Waals surface area contributed by atoms with Crippen LogP contribution in [0.15, 0.2) is 35.4 Å². The molecule has 1 N–H and O–H groups in total. The van der Waals surface area contributed by atoms with Crippen molar-refractivity contribution in [1.29, 1.82) is 0 Å². The van der Waals surface area contributed by atoms with Crippen LogP contribution in [0, 0.1) is 11.8 Å². The van der Waals surface area contributed by atoms with Crippen LogP contribution in [0.3, 0.4) is 0 Å². The van der Waals surface area contributed by atoms with E-state index in [1.807, 2.05) is 12.8 Å². The van der Waals surface area contributed by atoms with Gasteiger partial charge < -0.3 is 5.11 Å². The summed E-state index contributed by atoms with van der Waals surface area (Å²) in [6.45, 7) is 6.44. The lowest BCUT2D eigenvalue weighted by atomic mass is 9.88. The maximum atomic E-state index is 9.70. The van der Waals surface area contributed by atoms with Crippen molar-refractivity contribution in [2.45, 2.75) is 46.5 Å². The molecule has 1 aliphatic rings. The van der Waals surface area contributed by atoms with Gasteiger partial charge >= 0.3 is 5.97 Å². The van der Waals surface area contributed by atoms with Crippen molar-refractivity contribution >= 4 is 5.97 Å². The summed E-state index contributed by atoms with van der Waals surface area (Å²) in [5.74, 6) is 3.45. The summed E-state index contributed by atoms with van der Waals surface area (Å²) in [6, 6.07) is 8.75. The summed E-state index contributed by atoms with van der Waals surface area (Å²) >= 11 is 0. The molecule has 2 nitrogen and oxygen atoms in total. The molecule has 1 aromatic rings. The lowest BCUT2D eigenvalue weighted by Gasteiger charge is -2.18. The molecule has 0 bridgehead atoms. The summed E-state index contributed by atoms with van der Waals surface area (Å²) in [5, 5.41) is 7.97. The second kappa shape index (κ2) is 8.22. The molecule has 0 amide bonds. The molecule has 0 radical (unpaired) electrons. The standard InChI is InChI=1S/C12H14.C6H8O2/c1-9-7-11-5-3-4-6-12(11)8-10(9)2;1-2-3-4-5-6(7)8/h3-6H,7-8H2,1-2H3;2-3H2,1H3,(H,7,8).